The molecule has 0 saturated heterocycles. The average Bonchev–Trinajstić information content (AvgIpc) is 2.30. The molecule has 2 heteroatoms. The van der Waals surface area contributed by atoms with Gasteiger partial charge in [-0.1, -0.05) is 49.3 Å². The summed E-state index contributed by atoms with van der Waals surface area (Å²) >= 11 is 5.42. The van der Waals surface area contributed by atoms with E-state index in [9.17, 15) is 0 Å². The lowest BCUT2D eigenvalue weighted by Gasteiger charge is -2.38. The molecule has 0 aromatic heterocycles. The molecular formula is C13H15NS. The Morgan fingerprint density at radius 1 is 1.13 bits per heavy atom. The third kappa shape index (κ3) is 1.48. The molecule has 1 nitrogen and oxygen atoms in total. The molecule has 1 N–H and O–H groups in total. The number of rotatable bonds is 0. The van der Waals surface area contributed by atoms with E-state index >= 15 is 0 Å². The molecule has 0 radical (unpaired) electrons. The SMILES string of the molecule is S=C1NC2CCCCC2c2ccccc21. The van der Waals surface area contributed by atoms with Crippen molar-refractivity contribution in [2.45, 2.75) is 37.6 Å². The summed E-state index contributed by atoms with van der Waals surface area (Å²) in [5.74, 6) is 0.696. The lowest BCUT2D eigenvalue weighted by Crippen LogP contribution is -2.45. The number of nitrogens with one attached hydrogen (secondary N) is 1. The van der Waals surface area contributed by atoms with E-state index < -0.39 is 0 Å². The Kier molecular flexibility index (Phi) is 2.24. The molecule has 15 heavy (non-hydrogen) atoms. The average molecular weight is 217 g/mol. The van der Waals surface area contributed by atoms with E-state index in [1.807, 2.05) is 0 Å². The Morgan fingerprint density at radius 2 is 1.93 bits per heavy atom. The first kappa shape index (κ1) is 9.34. The van der Waals surface area contributed by atoms with Crippen LogP contribution in [0.4, 0.5) is 0 Å². The third-order valence-electron chi connectivity index (χ3n) is 3.69. The first-order valence-electron chi connectivity index (χ1n) is 5.76. The van der Waals surface area contributed by atoms with E-state index in [4.69, 9.17) is 12.2 Å². The van der Waals surface area contributed by atoms with Crippen molar-refractivity contribution in [3.05, 3.63) is 35.4 Å². The van der Waals surface area contributed by atoms with Gasteiger partial charge in [0.25, 0.3) is 0 Å². The maximum atomic E-state index is 5.42. The van der Waals surface area contributed by atoms with Crippen LogP contribution in [0.3, 0.4) is 0 Å². The zero-order valence-corrected chi connectivity index (χ0v) is 9.52. The van der Waals surface area contributed by atoms with Crippen molar-refractivity contribution in [1.29, 1.82) is 0 Å². The van der Waals surface area contributed by atoms with Crippen molar-refractivity contribution < 1.29 is 0 Å². The van der Waals surface area contributed by atoms with Gasteiger partial charge in [0.1, 0.15) is 4.99 Å². The van der Waals surface area contributed by atoms with Gasteiger partial charge in [-0.15, -0.1) is 0 Å². The summed E-state index contributed by atoms with van der Waals surface area (Å²) in [4.78, 5) is 0.953. The van der Waals surface area contributed by atoms with Gasteiger partial charge in [-0.25, -0.2) is 0 Å². The molecule has 2 unspecified atom stereocenters. The van der Waals surface area contributed by atoms with Crippen LogP contribution in [0.2, 0.25) is 0 Å². The molecule has 1 aliphatic heterocycles. The smallest absolute Gasteiger partial charge is 0.107 e. The Balaban J connectivity index is 2.07. The van der Waals surface area contributed by atoms with E-state index in [0.29, 0.717) is 12.0 Å². The standard InChI is InChI=1S/C13H15NS/c15-13-11-7-2-1-5-9(11)10-6-3-4-8-12(10)14-13/h1-2,5,7,10,12H,3-4,6,8H2,(H,14,15). The molecule has 1 fully saturated rings. The number of benzene rings is 1. The third-order valence-corrected chi connectivity index (χ3v) is 4.03. The molecule has 1 heterocycles. The summed E-state index contributed by atoms with van der Waals surface area (Å²) in [6.07, 6.45) is 5.30. The van der Waals surface area contributed by atoms with Crippen molar-refractivity contribution in [3.63, 3.8) is 0 Å². The summed E-state index contributed by atoms with van der Waals surface area (Å²) in [5, 5.41) is 3.51. The van der Waals surface area contributed by atoms with Gasteiger partial charge in [0.15, 0.2) is 0 Å². The first-order valence-corrected chi connectivity index (χ1v) is 6.17. The quantitative estimate of drug-likeness (QED) is 0.670. The molecule has 0 bridgehead atoms. The Bertz CT molecular complexity index is 399. The van der Waals surface area contributed by atoms with Gasteiger partial charge in [-0.2, -0.15) is 0 Å². The highest BCUT2D eigenvalue weighted by atomic mass is 32.1. The van der Waals surface area contributed by atoms with Crippen LogP contribution in [0, 0.1) is 0 Å². The fourth-order valence-corrected chi connectivity index (χ4v) is 3.29. The summed E-state index contributed by atoms with van der Waals surface area (Å²) in [5.41, 5.74) is 2.74. The van der Waals surface area contributed by atoms with Gasteiger partial charge in [-0.05, 0) is 18.4 Å². The highest BCUT2D eigenvalue weighted by Crippen LogP contribution is 2.37. The fourth-order valence-electron chi connectivity index (χ4n) is 2.95. The molecule has 1 aromatic carbocycles. The predicted octanol–water partition coefficient (Wildman–Crippen LogP) is 2.99. The monoisotopic (exact) mass is 217 g/mol. The van der Waals surface area contributed by atoms with Gasteiger partial charge in [-0.3, -0.25) is 0 Å². The van der Waals surface area contributed by atoms with Gasteiger partial charge in [0.2, 0.25) is 0 Å². The topological polar surface area (TPSA) is 12.0 Å². The summed E-state index contributed by atoms with van der Waals surface area (Å²) in [6, 6.07) is 9.22. The summed E-state index contributed by atoms with van der Waals surface area (Å²) in [7, 11) is 0. The number of hydrogen-bond donors (Lipinski definition) is 1. The minimum absolute atomic E-state index is 0.598. The molecule has 78 valence electrons. The van der Waals surface area contributed by atoms with Crippen molar-refractivity contribution in [1.82, 2.24) is 5.32 Å². The van der Waals surface area contributed by atoms with Crippen LogP contribution in [0.15, 0.2) is 24.3 Å². The van der Waals surface area contributed by atoms with Crippen LogP contribution in [0.5, 0.6) is 0 Å². The second-order valence-corrected chi connectivity index (χ2v) is 4.97. The van der Waals surface area contributed by atoms with E-state index in [0.717, 1.165) is 4.99 Å². The van der Waals surface area contributed by atoms with E-state index in [2.05, 4.69) is 29.6 Å². The van der Waals surface area contributed by atoms with Crippen LogP contribution in [0.25, 0.3) is 0 Å². The number of thiocarbonyl (C=S) groups is 1. The van der Waals surface area contributed by atoms with E-state index in [-0.39, 0.29) is 0 Å². The van der Waals surface area contributed by atoms with Crippen LogP contribution in [-0.2, 0) is 0 Å². The minimum atomic E-state index is 0.598. The van der Waals surface area contributed by atoms with Crippen LogP contribution >= 0.6 is 12.2 Å². The molecule has 3 rings (SSSR count). The maximum absolute atomic E-state index is 5.42. The lowest BCUT2D eigenvalue weighted by atomic mass is 9.76. The normalized spacial score (nSPS) is 28.9. The largest absolute Gasteiger partial charge is 0.372 e. The van der Waals surface area contributed by atoms with Crippen molar-refractivity contribution in [2.75, 3.05) is 0 Å². The van der Waals surface area contributed by atoms with Gasteiger partial charge < -0.3 is 5.32 Å². The molecule has 1 aromatic rings. The summed E-state index contributed by atoms with van der Waals surface area (Å²) < 4.78 is 0. The second-order valence-electron chi connectivity index (χ2n) is 4.56. The molecule has 0 spiro atoms. The van der Waals surface area contributed by atoms with Crippen molar-refractivity contribution >= 4 is 17.2 Å². The van der Waals surface area contributed by atoms with E-state index in [1.165, 1.54) is 36.8 Å². The Morgan fingerprint density at radius 3 is 2.87 bits per heavy atom. The van der Waals surface area contributed by atoms with Crippen LogP contribution in [0.1, 0.15) is 42.7 Å². The lowest BCUT2D eigenvalue weighted by molar-refractivity contribution is 0.355. The molecule has 0 amide bonds. The maximum Gasteiger partial charge on any atom is 0.107 e. The zero-order chi connectivity index (χ0) is 10.3. The zero-order valence-electron chi connectivity index (χ0n) is 8.70. The molecule has 2 atom stereocenters. The first-order chi connectivity index (χ1) is 7.36. The Labute approximate surface area is 95.9 Å². The van der Waals surface area contributed by atoms with Crippen molar-refractivity contribution in [3.8, 4) is 0 Å². The fraction of sp³-hybridized carbons (Fsp3) is 0.462. The highest BCUT2D eigenvalue weighted by molar-refractivity contribution is 7.80. The number of fused-ring (bicyclic) bond motifs is 3. The minimum Gasteiger partial charge on any atom is -0.372 e. The predicted molar refractivity (Wildman–Crippen MR) is 66.3 cm³/mol. The summed E-state index contributed by atoms with van der Waals surface area (Å²) in [6.45, 7) is 0. The van der Waals surface area contributed by atoms with Gasteiger partial charge in [0.05, 0.1) is 0 Å². The van der Waals surface area contributed by atoms with E-state index in [1.54, 1.807) is 0 Å². The van der Waals surface area contributed by atoms with Crippen molar-refractivity contribution in [2.24, 2.45) is 0 Å². The highest BCUT2D eigenvalue weighted by Gasteiger charge is 2.32. The van der Waals surface area contributed by atoms with Gasteiger partial charge >= 0.3 is 0 Å². The number of hydrogen-bond acceptors (Lipinski definition) is 1. The molecular weight excluding hydrogens is 202 g/mol. The molecule has 1 saturated carbocycles. The van der Waals surface area contributed by atoms with Gasteiger partial charge in [0, 0.05) is 17.5 Å². The second kappa shape index (κ2) is 3.60. The Hall–Kier alpha value is -0.890. The van der Waals surface area contributed by atoms with Crippen LogP contribution in [-0.4, -0.2) is 11.0 Å². The molecule has 2 aliphatic rings. The molecule has 1 aliphatic carbocycles. The van der Waals surface area contributed by atoms with Crippen LogP contribution < -0.4 is 5.32 Å².